The van der Waals surface area contributed by atoms with E-state index in [0.717, 1.165) is 21.5 Å². The predicted molar refractivity (Wildman–Crippen MR) is 112 cm³/mol. The van der Waals surface area contributed by atoms with Crippen molar-refractivity contribution in [1.82, 2.24) is 4.90 Å². The molecule has 1 heterocycles. The molecule has 7 heteroatoms. The number of hydrogen-bond acceptors (Lipinski definition) is 6. The Balaban J connectivity index is 1.73. The van der Waals surface area contributed by atoms with Gasteiger partial charge in [-0.3, -0.25) is 9.69 Å². The molecule has 0 aliphatic rings. The van der Waals surface area contributed by atoms with Crippen LogP contribution in [0.1, 0.15) is 5.56 Å². The zero-order chi connectivity index (χ0) is 20.1. The van der Waals surface area contributed by atoms with Gasteiger partial charge in [-0.05, 0) is 43.1 Å². The van der Waals surface area contributed by atoms with Crippen LogP contribution in [0, 0.1) is 0 Å². The first-order valence-electron chi connectivity index (χ1n) is 8.72. The molecule has 0 atom stereocenters. The SMILES string of the molecule is COc1ccc2c(CN(C)CC(=O)Nc3ccccc3SC)cc(=O)oc2c1. The minimum absolute atomic E-state index is 0.113. The first-order chi connectivity index (χ1) is 13.5. The molecular weight excluding hydrogens is 376 g/mol. The maximum Gasteiger partial charge on any atom is 0.336 e. The Bertz CT molecular complexity index is 1050. The Morgan fingerprint density at radius 1 is 1.21 bits per heavy atom. The first-order valence-corrected chi connectivity index (χ1v) is 9.95. The summed E-state index contributed by atoms with van der Waals surface area (Å²) in [6.45, 7) is 0.632. The molecule has 1 aromatic heterocycles. The van der Waals surface area contributed by atoms with E-state index in [0.29, 0.717) is 17.9 Å². The van der Waals surface area contributed by atoms with Gasteiger partial charge in [-0.25, -0.2) is 4.79 Å². The van der Waals surface area contributed by atoms with E-state index in [-0.39, 0.29) is 12.5 Å². The summed E-state index contributed by atoms with van der Waals surface area (Å²) in [6.07, 6.45) is 1.97. The summed E-state index contributed by atoms with van der Waals surface area (Å²) in [4.78, 5) is 27.2. The molecule has 6 nitrogen and oxygen atoms in total. The molecule has 146 valence electrons. The molecule has 0 aliphatic carbocycles. The molecule has 0 aliphatic heterocycles. The average molecular weight is 398 g/mol. The Morgan fingerprint density at radius 3 is 2.75 bits per heavy atom. The van der Waals surface area contributed by atoms with E-state index >= 15 is 0 Å². The number of thioether (sulfide) groups is 1. The Kier molecular flexibility index (Phi) is 6.38. The smallest absolute Gasteiger partial charge is 0.336 e. The van der Waals surface area contributed by atoms with Crippen molar-refractivity contribution in [2.24, 2.45) is 0 Å². The number of ether oxygens (including phenoxy) is 1. The van der Waals surface area contributed by atoms with Crippen LogP contribution in [0.2, 0.25) is 0 Å². The Hall–Kier alpha value is -2.77. The van der Waals surface area contributed by atoms with Crippen LogP contribution in [0.5, 0.6) is 5.75 Å². The predicted octanol–water partition coefficient (Wildman–Crippen LogP) is 3.59. The number of amides is 1. The summed E-state index contributed by atoms with van der Waals surface area (Å²) in [5.41, 5.74) is 1.64. The van der Waals surface area contributed by atoms with Gasteiger partial charge in [0.25, 0.3) is 0 Å². The second kappa shape index (κ2) is 8.95. The van der Waals surface area contributed by atoms with E-state index in [2.05, 4.69) is 5.32 Å². The van der Waals surface area contributed by atoms with Gasteiger partial charge in [-0.2, -0.15) is 0 Å². The van der Waals surface area contributed by atoms with Crippen LogP contribution in [0.25, 0.3) is 11.0 Å². The highest BCUT2D eigenvalue weighted by atomic mass is 32.2. The molecule has 0 spiro atoms. The van der Waals surface area contributed by atoms with Crippen molar-refractivity contribution in [1.29, 1.82) is 0 Å². The van der Waals surface area contributed by atoms with Crippen LogP contribution in [0.4, 0.5) is 5.69 Å². The van der Waals surface area contributed by atoms with Crippen molar-refractivity contribution in [2.75, 3.05) is 32.3 Å². The summed E-state index contributed by atoms with van der Waals surface area (Å²) in [6, 6.07) is 14.5. The van der Waals surface area contributed by atoms with E-state index in [4.69, 9.17) is 9.15 Å². The molecular formula is C21H22N2O4S. The third-order valence-electron chi connectivity index (χ3n) is 4.27. The second-order valence-corrected chi connectivity index (χ2v) is 7.22. The van der Waals surface area contributed by atoms with E-state index in [9.17, 15) is 9.59 Å². The molecule has 1 amide bonds. The van der Waals surface area contributed by atoms with E-state index in [1.807, 2.05) is 54.6 Å². The number of likely N-dealkylation sites (N-methyl/N-ethyl adjacent to an activating group) is 1. The normalized spacial score (nSPS) is 11.0. The molecule has 0 radical (unpaired) electrons. The molecule has 3 rings (SSSR count). The summed E-state index contributed by atoms with van der Waals surface area (Å²) in [5, 5.41) is 3.76. The highest BCUT2D eigenvalue weighted by Gasteiger charge is 2.13. The van der Waals surface area contributed by atoms with Crippen molar-refractivity contribution < 1.29 is 13.9 Å². The molecule has 0 bridgehead atoms. The molecule has 1 N–H and O–H groups in total. The molecule has 0 saturated carbocycles. The van der Waals surface area contributed by atoms with Crippen LogP contribution in [0.15, 0.2) is 62.6 Å². The summed E-state index contributed by atoms with van der Waals surface area (Å²) < 4.78 is 10.5. The standard InChI is InChI=1S/C21H22N2O4S/c1-23(13-20(24)22-17-6-4-5-7-19(17)28-3)12-14-10-21(25)27-18-11-15(26-2)8-9-16(14)18/h4-11H,12-13H2,1-3H3,(H,22,24). The van der Waals surface area contributed by atoms with Crippen LogP contribution in [-0.4, -0.2) is 37.8 Å². The molecule has 28 heavy (non-hydrogen) atoms. The number of nitrogens with zero attached hydrogens (tertiary/aromatic N) is 1. The van der Waals surface area contributed by atoms with Crippen LogP contribution in [-0.2, 0) is 11.3 Å². The van der Waals surface area contributed by atoms with Gasteiger partial charge in [0.05, 0.1) is 19.3 Å². The fourth-order valence-corrected chi connectivity index (χ4v) is 3.55. The van der Waals surface area contributed by atoms with Gasteiger partial charge >= 0.3 is 5.63 Å². The average Bonchev–Trinajstić information content (AvgIpc) is 2.67. The third-order valence-corrected chi connectivity index (χ3v) is 5.07. The first kappa shape index (κ1) is 20.0. The lowest BCUT2D eigenvalue weighted by Gasteiger charge is -2.18. The van der Waals surface area contributed by atoms with Crippen LogP contribution in [0.3, 0.4) is 0 Å². The Labute approximate surface area is 167 Å². The lowest BCUT2D eigenvalue weighted by atomic mass is 10.1. The lowest BCUT2D eigenvalue weighted by molar-refractivity contribution is -0.117. The number of carbonyl (C=O) groups excluding carboxylic acids is 1. The van der Waals surface area contributed by atoms with Crippen LogP contribution < -0.4 is 15.7 Å². The fraction of sp³-hybridized carbons (Fsp3) is 0.238. The number of benzene rings is 2. The minimum Gasteiger partial charge on any atom is -0.497 e. The van der Waals surface area contributed by atoms with Gasteiger partial charge in [0.1, 0.15) is 11.3 Å². The maximum atomic E-state index is 12.4. The summed E-state index contributed by atoms with van der Waals surface area (Å²) in [7, 11) is 3.40. The molecule has 3 aromatic rings. The van der Waals surface area contributed by atoms with Crippen molar-refractivity contribution >= 4 is 34.3 Å². The van der Waals surface area contributed by atoms with Crippen molar-refractivity contribution in [3.05, 3.63) is 64.5 Å². The van der Waals surface area contributed by atoms with E-state index in [1.54, 1.807) is 24.9 Å². The van der Waals surface area contributed by atoms with Crippen molar-refractivity contribution in [2.45, 2.75) is 11.4 Å². The maximum absolute atomic E-state index is 12.4. The molecule has 0 saturated heterocycles. The monoisotopic (exact) mass is 398 g/mol. The zero-order valence-electron chi connectivity index (χ0n) is 16.0. The number of nitrogens with one attached hydrogen (secondary N) is 1. The highest BCUT2D eigenvalue weighted by molar-refractivity contribution is 7.98. The van der Waals surface area contributed by atoms with Crippen LogP contribution >= 0.6 is 11.8 Å². The number of methoxy groups -OCH3 is 1. The summed E-state index contributed by atoms with van der Waals surface area (Å²) in [5.74, 6) is 0.505. The molecule has 0 fully saturated rings. The lowest BCUT2D eigenvalue weighted by Crippen LogP contribution is -2.30. The minimum atomic E-state index is -0.428. The number of fused-ring (bicyclic) bond motifs is 1. The molecule has 2 aromatic carbocycles. The van der Waals surface area contributed by atoms with Gasteiger partial charge in [0.15, 0.2) is 0 Å². The topological polar surface area (TPSA) is 71.8 Å². The van der Waals surface area contributed by atoms with Crippen molar-refractivity contribution in [3.8, 4) is 5.75 Å². The van der Waals surface area contributed by atoms with Gasteiger partial charge in [0, 0.05) is 29.0 Å². The zero-order valence-corrected chi connectivity index (χ0v) is 16.8. The number of anilines is 1. The number of para-hydroxylation sites is 1. The Morgan fingerprint density at radius 2 is 2.00 bits per heavy atom. The fourth-order valence-electron chi connectivity index (χ4n) is 3.00. The van der Waals surface area contributed by atoms with E-state index in [1.165, 1.54) is 6.07 Å². The van der Waals surface area contributed by atoms with Crippen molar-refractivity contribution in [3.63, 3.8) is 0 Å². The number of rotatable bonds is 7. The summed E-state index contributed by atoms with van der Waals surface area (Å²) >= 11 is 1.58. The van der Waals surface area contributed by atoms with E-state index < -0.39 is 5.63 Å². The largest absolute Gasteiger partial charge is 0.497 e. The molecule has 0 unspecified atom stereocenters. The highest BCUT2D eigenvalue weighted by Crippen LogP contribution is 2.25. The quantitative estimate of drug-likeness (QED) is 0.484. The van der Waals surface area contributed by atoms with Gasteiger partial charge in [0.2, 0.25) is 5.91 Å². The van der Waals surface area contributed by atoms with Gasteiger partial charge in [-0.15, -0.1) is 11.8 Å². The second-order valence-electron chi connectivity index (χ2n) is 6.37. The number of hydrogen-bond donors (Lipinski definition) is 1. The van der Waals surface area contributed by atoms with Gasteiger partial charge < -0.3 is 14.5 Å². The van der Waals surface area contributed by atoms with Gasteiger partial charge in [-0.1, -0.05) is 12.1 Å². The third kappa shape index (κ3) is 4.74. The number of carbonyl (C=O) groups is 1.